The van der Waals surface area contributed by atoms with Gasteiger partial charge in [-0.25, -0.2) is 0 Å². The Morgan fingerprint density at radius 2 is 2.00 bits per heavy atom. The van der Waals surface area contributed by atoms with Crippen molar-refractivity contribution in [3.63, 3.8) is 0 Å². The number of methoxy groups -OCH3 is 1. The lowest BCUT2D eigenvalue weighted by atomic mass is 10.3. The number of likely N-dealkylation sites (N-methyl/N-ethyl adjacent to an activating group) is 1. The standard InChI is InChI=1S/C9H18N2O3.ClH/c1-10-6-4-5-8(12)11(2)7-9(13)14-3;/h10H,4-7H2,1-3H3;1H. The fraction of sp³-hybridized carbons (Fsp3) is 0.778. The second kappa shape index (κ2) is 9.73. The molecular weight excluding hydrogens is 220 g/mol. The number of rotatable bonds is 6. The van der Waals surface area contributed by atoms with Gasteiger partial charge >= 0.3 is 5.97 Å². The second-order valence-electron chi connectivity index (χ2n) is 3.03. The first-order valence-electron chi connectivity index (χ1n) is 4.57. The van der Waals surface area contributed by atoms with Crippen LogP contribution in [0.2, 0.25) is 0 Å². The van der Waals surface area contributed by atoms with E-state index >= 15 is 0 Å². The zero-order chi connectivity index (χ0) is 11.0. The summed E-state index contributed by atoms with van der Waals surface area (Å²) in [6.07, 6.45) is 1.23. The third-order valence-corrected chi connectivity index (χ3v) is 1.84. The van der Waals surface area contributed by atoms with Crippen molar-refractivity contribution in [2.24, 2.45) is 0 Å². The van der Waals surface area contributed by atoms with Crippen molar-refractivity contribution >= 4 is 24.3 Å². The maximum absolute atomic E-state index is 11.4. The van der Waals surface area contributed by atoms with E-state index in [0.29, 0.717) is 6.42 Å². The normalized spacial score (nSPS) is 9.00. The molecule has 15 heavy (non-hydrogen) atoms. The average molecular weight is 239 g/mol. The summed E-state index contributed by atoms with van der Waals surface area (Å²) in [6, 6.07) is 0. The molecule has 90 valence electrons. The minimum atomic E-state index is -0.394. The van der Waals surface area contributed by atoms with Crippen molar-refractivity contribution < 1.29 is 14.3 Å². The highest BCUT2D eigenvalue weighted by Crippen LogP contribution is 1.95. The Hall–Kier alpha value is -0.810. The quantitative estimate of drug-likeness (QED) is 0.524. The van der Waals surface area contributed by atoms with Gasteiger partial charge in [-0.05, 0) is 20.0 Å². The molecule has 6 heteroatoms. The highest BCUT2D eigenvalue weighted by Gasteiger charge is 2.11. The minimum Gasteiger partial charge on any atom is -0.468 e. The Bertz CT molecular complexity index is 200. The van der Waals surface area contributed by atoms with Crippen molar-refractivity contribution in [3.05, 3.63) is 0 Å². The fourth-order valence-corrected chi connectivity index (χ4v) is 0.954. The smallest absolute Gasteiger partial charge is 0.325 e. The maximum Gasteiger partial charge on any atom is 0.325 e. The van der Waals surface area contributed by atoms with Crippen molar-refractivity contribution in [1.82, 2.24) is 10.2 Å². The fourth-order valence-electron chi connectivity index (χ4n) is 0.954. The second-order valence-corrected chi connectivity index (χ2v) is 3.03. The summed E-state index contributed by atoms with van der Waals surface area (Å²) in [4.78, 5) is 23.6. The number of hydrogen-bond donors (Lipinski definition) is 1. The van der Waals surface area contributed by atoms with Gasteiger partial charge in [-0.1, -0.05) is 0 Å². The first-order chi connectivity index (χ1) is 6.61. The van der Waals surface area contributed by atoms with E-state index in [4.69, 9.17) is 0 Å². The number of carbonyl (C=O) groups excluding carboxylic acids is 2. The Balaban J connectivity index is 0. The number of hydrogen-bond acceptors (Lipinski definition) is 4. The first kappa shape index (κ1) is 16.6. The van der Waals surface area contributed by atoms with E-state index in [0.717, 1.165) is 13.0 Å². The van der Waals surface area contributed by atoms with Gasteiger partial charge in [0, 0.05) is 13.5 Å². The molecule has 0 heterocycles. The van der Waals surface area contributed by atoms with Crippen molar-refractivity contribution in [2.75, 3.05) is 34.3 Å². The lowest BCUT2D eigenvalue weighted by Gasteiger charge is -2.15. The van der Waals surface area contributed by atoms with Gasteiger partial charge in [0.2, 0.25) is 5.91 Å². The van der Waals surface area contributed by atoms with Gasteiger partial charge in [0.25, 0.3) is 0 Å². The van der Waals surface area contributed by atoms with Crippen molar-refractivity contribution in [2.45, 2.75) is 12.8 Å². The summed E-state index contributed by atoms with van der Waals surface area (Å²) in [6.45, 7) is 0.826. The van der Waals surface area contributed by atoms with Crippen molar-refractivity contribution in [3.8, 4) is 0 Å². The summed E-state index contributed by atoms with van der Waals surface area (Å²) in [7, 11) is 4.74. The van der Waals surface area contributed by atoms with Crippen LogP contribution < -0.4 is 5.32 Å². The molecule has 0 aromatic rings. The molecule has 0 radical (unpaired) electrons. The van der Waals surface area contributed by atoms with E-state index in [1.807, 2.05) is 7.05 Å². The summed E-state index contributed by atoms with van der Waals surface area (Å²) in [5.41, 5.74) is 0. The SMILES string of the molecule is CNCCCC(=O)N(C)CC(=O)OC.Cl. The van der Waals surface area contributed by atoms with Crippen LogP contribution in [0.3, 0.4) is 0 Å². The lowest BCUT2D eigenvalue weighted by molar-refractivity contribution is -0.146. The van der Waals surface area contributed by atoms with E-state index < -0.39 is 5.97 Å². The minimum absolute atomic E-state index is 0. The molecule has 0 rings (SSSR count). The van der Waals surface area contributed by atoms with E-state index in [1.165, 1.54) is 12.0 Å². The Kier molecular flexibility index (Phi) is 10.8. The summed E-state index contributed by atoms with van der Waals surface area (Å²) in [5.74, 6) is -0.430. The molecule has 1 N–H and O–H groups in total. The summed E-state index contributed by atoms with van der Waals surface area (Å²) < 4.78 is 4.45. The number of ether oxygens (including phenoxy) is 1. The number of amides is 1. The summed E-state index contributed by atoms with van der Waals surface area (Å²) in [5, 5.41) is 2.95. The molecule has 0 aromatic carbocycles. The van der Waals surface area contributed by atoms with Crippen LogP contribution in [-0.4, -0.2) is 51.1 Å². The van der Waals surface area contributed by atoms with Crippen LogP contribution >= 0.6 is 12.4 Å². The Morgan fingerprint density at radius 3 is 2.47 bits per heavy atom. The van der Waals surface area contributed by atoms with E-state index in [1.54, 1.807) is 7.05 Å². The van der Waals surface area contributed by atoms with Gasteiger partial charge in [-0.15, -0.1) is 12.4 Å². The predicted molar refractivity (Wildman–Crippen MR) is 60.1 cm³/mol. The van der Waals surface area contributed by atoms with E-state index in [-0.39, 0.29) is 24.9 Å². The van der Waals surface area contributed by atoms with Crippen LogP contribution in [0.4, 0.5) is 0 Å². The number of halogens is 1. The zero-order valence-electron chi connectivity index (χ0n) is 9.41. The number of nitrogens with one attached hydrogen (secondary N) is 1. The highest BCUT2D eigenvalue weighted by molar-refractivity contribution is 5.85. The van der Waals surface area contributed by atoms with Gasteiger partial charge in [0.15, 0.2) is 0 Å². The van der Waals surface area contributed by atoms with Gasteiger partial charge in [0.1, 0.15) is 6.54 Å². The predicted octanol–water partition coefficient (Wildman–Crippen LogP) is 0.0392. The van der Waals surface area contributed by atoms with Crippen LogP contribution in [0.25, 0.3) is 0 Å². The van der Waals surface area contributed by atoms with Gasteiger partial charge in [0.05, 0.1) is 7.11 Å². The van der Waals surface area contributed by atoms with Crippen LogP contribution in [0.5, 0.6) is 0 Å². The molecular formula is C9H19ClN2O3. The molecule has 1 amide bonds. The number of nitrogens with zero attached hydrogens (tertiary/aromatic N) is 1. The average Bonchev–Trinajstić information content (AvgIpc) is 2.17. The lowest BCUT2D eigenvalue weighted by Crippen LogP contribution is -2.32. The molecule has 0 unspecified atom stereocenters. The Morgan fingerprint density at radius 1 is 1.40 bits per heavy atom. The molecule has 0 fully saturated rings. The molecule has 0 aliphatic carbocycles. The van der Waals surface area contributed by atoms with Crippen LogP contribution in [0.1, 0.15) is 12.8 Å². The highest BCUT2D eigenvalue weighted by atomic mass is 35.5. The summed E-state index contributed by atoms with van der Waals surface area (Å²) >= 11 is 0. The molecule has 0 aromatic heterocycles. The van der Waals surface area contributed by atoms with Crippen molar-refractivity contribution in [1.29, 1.82) is 0 Å². The molecule has 0 spiro atoms. The Labute approximate surface area is 96.6 Å². The number of carbonyl (C=O) groups is 2. The molecule has 0 bridgehead atoms. The number of esters is 1. The van der Waals surface area contributed by atoms with E-state index in [2.05, 4.69) is 10.1 Å². The molecule has 5 nitrogen and oxygen atoms in total. The van der Waals surface area contributed by atoms with Crippen LogP contribution in [0, 0.1) is 0 Å². The first-order valence-corrected chi connectivity index (χ1v) is 4.57. The maximum atomic E-state index is 11.4. The van der Waals surface area contributed by atoms with Gasteiger partial charge < -0.3 is 15.0 Å². The third-order valence-electron chi connectivity index (χ3n) is 1.84. The molecule has 0 saturated carbocycles. The van der Waals surface area contributed by atoms with Crippen LogP contribution in [-0.2, 0) is 14.3 Å². The van der Waals surface area contributed by atoms with Crippen LogP contribution in [0.15, 0.2) is 0 Å². The largest absolute Gasteiger partial charge is 0.468 e. The van der Waals surface area contributed by atoms with Gasteiger partial charge in [-0.2, -0.15) is 0 Å². The molecule has 0 aliphatic rings. The molecule has 0 aliphatic heterocycles. The van der Waals surface area contributed by atoms with E-state index in [9.17, 15) is 9.59 Å². The van der Waals surface area contributed by atoms with Gasteiger partial charge in [-0.3, -0.25) is 9.59 Å². The third kappa shape index (κ3) is 8.20. The molecule has 0 saturated heterocycles. The molecule has 0 atom stereocenters. The monoisotopic (exact) mass is 238 g/mol. The topological polar surface area (TPSA) is 58.6 Å². The zero-order valence-corrected chi connectivity index (χ0v) is 10.2.